The van der Waals surface area contributed by atoms with Crippen LogP contribution in [-0.2, 0) is 32.6 Å². The third-order valence-corrected chi connectivity index (χ3v) is 7.53. The van der Waals surface area contributed by atoms with Crippen molar-refractivity contribution < 1.29 is 22.7 Å². The molecule has 1 aromatic heterocycles. The van der Waals surface area contributed by atoms with E-state index in [1.54, 1.807) is 81.7 Å². The summed E-state index contributed by atoms with van der Waals surface area (Å²) in [7, 11) is -3.81. The molecule has 0 atom stereocenters. The number of pyridine rings is 1. The number of esters is 1. The summed E-state index contributed by atoms with van der Waals surface area (Å²) in [5, 5.41) is 0. The maximum Gasteiger partial charge on any atom is 0.344 e. The van der Waals surface area contributed by atoms with Crippen LogP contribution in [0.25, 0.3) is 11.1 Å². The van der Waals surface area contributed by atoms with Crippen molar-refractivity contribution in [3.63, 3.8) is 0 Å². The van der Waals surface area contributed by atoms with Crippen molar-refractivity contribution >= 4 is 16.0 Å². The predicted octanol–water partition coefficient (Wildman–Crippen LogP) is 5.86. The van der Waals surface area contributed by atoms with Crippen LogP contribution in [0.2, 0.25) is 0 Å². The molecular weight excluding hydrogens is 512 g/mol. The molecule has 0 radical (unpaired) electrons. The number of hydrogen-bond acceptors (Lipinski definition) is 6. The Morgan fingerprint density at radius 2 is 1.54 bits per heavy atom. The molecule has 0 aliphatic heterocycles. The maximum absolute atomic E-state index is 13.7. The van der Waals surface area contributed by atoms with Crippen LogP contribution < -0.4 is 4.74 Å². The summed E-state index contributed by atoms with van der Waals surface area (Å²) >= 11 is 0. The lowest BCUT2D eigenvalue weighted by Gasteiger charge is -2.23. The molecule has 202 valence electrons. The second-order valence-electron chi connectivity index (χ2n) is 10.0. The van der Waals surface area contributed by atoms with E-state index in [4.69, 9.17) is 9.47 Å². The van der Waals surface area contributed by atoms with E-state index in [1.807, 2.05) is 42.5 Å². The standard InChI is InChI=1S/C31H32N2O5S/c1-31(2,3)38-30(34)23-37-28-11-7-9-25(19-28)22-33(39(35,36)29-12-5-4-6-13-29)21-24-14-16-26(17-15-24)27-10-8-18-32-20-27/h4-20H,21-23H2,1-3H3. The largest absolute Gasteiger partial charge is 0.482 e. The van der Waals surface area contributed by atoms with Gasteiger partial charge in [-0.15, -0.1) is 0 Å². The normalized spacial score (nSPS) is 11.8. The molecule has 0 bridgehead atoms. The van der Waals surface area contributed by atoms with Gasteiger partial charge in [0.15, 0.2) is 6.61 Å². The van der Waals surface area contributed by atoms with Gasteiger partial charge in [0.1, 0.15) is 11.4 Å². The molecule has 3 aromatic carbocycles. The van der Waals surface area contributed by atoms with E-state index in [2.05, 4.69) is 4.98 Å². The zero-order valence-corrected chi connectivity index (χ0v) is 23.1. The number of sulfonamides is 1. The van der Waals surface area contributed by atoms with Gasteiger partial charge in [-0.3, -0.25) is 4.98 Å². The molecule has 0 N–H and O–H groups in total. The van der Waals surface area contributed by atoms with Crippen LogP contribution in [0.5, 0.6) is 5.75 Å². The fraction of sp³-hybridized carbons (Fsp3) is 0.226. The van der Waals surface area contributed by atoms with Crippen LogP contribution in [-0.4, -0.2) is 35.9 Å². The Bertz CT molecular complexity index is 1480. The highest BCUT2D eigenvalue weighted by Gasteiger charge is 2.25. The third kappa shape index (κ3) is 7.99. The number of ether oxygens (including phenoxy) is 2. The van der Waals surface area contributed by atoms with Crippen LogP contribution >= 0.6 is 0 Å². The van der Waals surface area contributed by atoms with Crippen LogP contribution in [0.4, 0.5) is 0 Å². The lowest BCUT2D eigenvalue weighted by atomic mass is 10.1. The fourth-order valence-electron chi connectivity index (χ4n) is 3.96. The first-order chi connectivity index (χ1) is 18.6. The van der Waals surface area contributed by atoms with Gasteiger partial charge in [0.25, 0.3) is 0 Å². The van der Waals surface area contributed by atoms with Crippen molar-refractivity contribution in [3.8, 4) is 16.9 Å². The van der Waals surface area contributed by atoms with Crippen molar-refractivity contribution in [1.82, 2.24) is 9.29 Å². The average Bonchev–Trinajstić information content (AvgIpc) is 2.92. The molecule has 1 heterocycles. The summed E-state index contributed by atoms with van der Waals surface area (Å²) in [6.07, 6.45) is 3.51. The molecule has 4 aromatic rings. The zero-order valence-electron chi connectivity index (χ0n) is 22.3. The first kappa shape index (κ1) is 28.0. The van der Waals surface area contributed by atoms with E-state index in [0.29, 0.717) is 5.75 Å². The number of hydrogen-bond donors (Lipinski definition) is 0. The van der Waals surface area contributed by atoms with Gasteiger partial charge in [0.05, 0.1) is 4.90 Å². The Balaban J connectivity index is 1.55. The molecular formula is C31H32N2O5S. The second kappa shape index (κ2) is 12.2. The van der Waals surface area contributed by atoms with E-state index in [-0.39, 0.29) is 24.6 Å². The minimum atomic E-state index is -3.81. The first-order valence-corrected chi connectivity index (χ1v) is 14.0. The highest BCUT2D eigenvalue weighted by Crippen LogP contribution is 2.25. The predicted molar refractivity (Wildman–Crippen MR) is 150 cm³/mol. The van der Waals surface area contributed by atoms with Crippen LogP contribution in [0.15, 0.2) is 108 Å². The quantitative estimate of drug-likeness (QED) is 0.233. The monoisotopic (exact) mass is 544 g/mol. The summed E-state index contributed by atoms with van der Waals surface area (Å²) < 4.78 is 39.7. The highest BCUT2D eigenvalue weighted by atomic mass is 32.2. The molecule has 0 amide bonds. The van der Waals surface area contributed by atoms with E-state index in [9.17, 15) is 13.2 Å². The van der Waals surface area contributed by atoms with Crippen molar-refractivity contribution in [1.29, 1.82) is 0 Å². The topological polar surface area (TPSA) is 85.8 Å². The third-order valence-electron chi connectivity index (χ3n) is 5.72. The summed E-state index contributed by atoms with van der Waals surface area (Å²) in [5.74, 6) is -0.0212. The maximum atomic E-state index is 13.7. The van der Waals surface area contributed by atoms with Crippen LogP contribution in [0.3, 0.4) is 0 Å². The molecule has 4 rings (SSSR count). The smallest absolute Gasteiger partial charge is 0.344 e. The summed E-state index contributed by atoms with van der Waals surface area (Å²) in [6, 6.07) is 27.1. The van der Waals surface area contributed by atoms with Crippen LogP contribution in [0.1, 0.15) is 31.9 Å². The number of aromatic nitrogens is 1. The second-order valence-corrected chi connectivity index (χ2v) is 12.0. The van der Waals surface area contributed by atoms with Crippen molar-refractivity contribution in [3.05, 3.63) is 115 Å². The lowest BCUT2D eigenvalue weighted by molar-refractivity contribution is -0.157. The summed E-state index contributed by atoms with van der Waals surface area (Å²) in [5.41, 5.74) is 2.95. The first-order valence-electron chi connectivity index (χ1n) is 12.6. The molecule has 0 aliphatic rings. The molecule has 0 fully saturated rings. The number of rotatable bonds is 10. The van der Waals surface area contributed by atoms with Gasteiger partial charge in [0, 0.05) is 25.5 Å². The number of benzene rings is 3. The van der Waals surface area contributed by atoms with Gasteiger partial charge >= 0.3 is 5.97 Å². The van der Waals surface area contributed by atoms with Gasteiger partial charge in [-0.1, -0.05) is 60.7 Å². The van der Waals surface area contributed by atoms with Gasteiger partial charge in [-0.05, 0) is 73.4 Å². The minimum absolute atomic E-state index is 0.116. The van der Waals surface area contributed by atoms with E-state index in [1.165, 1.54) is 4.31 Å². The minimum Gasteiger partial charge on any atom is -0.482 e. The lowest BCUT2D eigenvalue weighted by Crippen LogP contribution is -2.30. The van der Waals surface area contributed by atoms with Gasteiger partial charge in [-0.25, -0.2) is 13.2 Å². The Kier molecular flexibility index (Phi) is 8.79. The number of nitrogens with zero attached hydrogens (tertiary/aromatic N) is 2. The van der Waals surface area contributed by atoms with Gasteiger partial charge in [0.2, 0.25) is 10.0 Å². The summed E-state index contributed by atoms with van der Waals surface area (Å²) in [6.45, 7) is 5.42. The molecule has 8 heteroatoms. The zero-order chi connectivity index (χ0) is 27.9. The molecule has 7 nitrogen and oxygen atoms in total. The summed E-state index contributed by atoms with van der Waals surface area (Å²) in [4.78, 5) is 16.4. The van der Waals surface area contributed by atoms with Crippen molar-refractivity contribution in [2.45, 2.75) is 44.4 Å². The van der Waals surface area contributed by atoms with Crippen molar-refractivity contribution in [2.75, 3.05) is 6.61 Å². The Hall–Kier alpha value is -4.01. The van der Waals surface area contributed by atoms with Crippen LogP contribution in [0, 0.1) is 0 Å². The van der Waals surface area contributed by atoms with Gasteiger partial charge < -0.3 is 9.47 Å². The highest BCUT2D eigenvalue weighted by molar-refractivity contribution is 7.89. The van der Waals surface area contributed by atoms with E-state index in [0.717, 1.165) is 22.3 Å². The number of carbonyl (C=O) groups excluding carboxylic acids is 1. The van der Waals surface area contributed by atoms with Crippen molar-refractivity contribution in [2.24, 2.45) is 0 Å². The Morgan fingerprint density at radius 3 is 2.21 bits per heavy atom. The molecule has 0 saturated heterocycles. The Morgan fingerprint density at radius 1 is 0.821 bits per heavy atom. The van der Waals surface area contributed by atoms with Gasteiger partial charge in [-0.2, -0.15) is 4.31 Å². The molecule has 0 spiro atoms. The SMILES string of the molecule is CC(C)(C)OC(=O)COc1cccc(CN(Cc2ccc(-c3cccnc3)cc2)S(=O)(=O)c2ccccc2)c1. The Labute approximate surface area is 230 Å². The molecule has 0 unspecified atom stereocenters. The van der Waals surface area contributed by atoms with E-state index < -0.39 is 21.6 Å². The molecule has 0 aliphatic carbocycles. The average molecular weight is 545 g/mol. The fourth-order valence-corrected chi connectivity index (χ4v) is 5.39. The number of carbonyl (C=O) groups is 1. The molecule has 39 heavy (non-hydrogen) atoms. The molecule has 0 saturated carbocycles. The van der Waals surface area contributed by atoms with E-state index >= 15 is 0 Å².